The zero-order valence-electron chi connectivity index (χ0n) is 13.8. The van der Waals surface area contributed by atoms with Crippen molar-refractivity contribution in [3.63, 3.8) is 0 Å². The van der Waals surface area contributed by atoms with Gasteiger partial charge in [0.25, 0.3) is 0 Å². The van der Waals surface area contributed by atoms with E-state index in [1.54, 1.807) is 11.0 Å². The maximum atomic E-state index is 12.2. The number of rotatable bonds is 1. The monoisotopic (exact) mass is 306 g/mol. The fraction of sp³-hybridized carbons (Fsp3) is 0.562. The maximum Gasteiger partial charge on any atom is 0.410 e. The van der Waals surface area contributed by atoms with Crippen molar-refractivity contribution in [1.29, 1.82) is 0 Å². The quantitative estimate of drug-likeness (QED) is 0.778. The van der Waals surface area contributed by atoms with Crippen molar-refractivity contribution in [1.82, 2.24) is 4.90 Å². The van der Waals surface area contributed by atoms with Crippen LogP contribution in [0.15, 0.2) is 18.2 Å². The molecule has 1 aliphatic rings. The minimum atomic E-state index is -0.480. The number of benzene rings is 1. The van der Waals surface area contributed by atoms with E-state index in [1.165, 1.54) is 0 Å². The normalized spacial score (nSPS) is 19.2. The van der Waals surface area contributed by atoms with E-state index in [1.807, 2.05) is 39.8 Å². The zero-order chi connectivity index (χ0) is 16.5. The topological polar surface area (TPSA) is 84.8 Å². The lowest BCUT2D eigenvalue weighted by molar-refractivity contribution is 0.0159. The van der Waals surface area contributed by atoms with E-state index in [2.05, 4.69) is 4.90 Å². The zero-order valence-corrected chi connectivity index (χ0v) is 13.8. The Hall–Kier alpha value is -2.11. The molecule has 0 aliphatic carbocycles. The number of carbonyl (C=O) groups excluding carboxylic acids is 1. The number of anilines is 3. The first-order valence-electron chi connectivity index (χ1n) is 7.57. The summed E-state index contributed by atoms with van der Waals surface area (Å²) in [6.45, 7) is 9.64. The molecule has 22 heavy (non-hydrogen) atoms. The number of piperazine rings is 1. The summed E-state index contributed by atoms with van der Waals surface area (Å²) in [4.78, 5) is 16.2. The van der Waals surface area contributed by atoms with Gasteiger partial charge in [-0.2, -0.15) is 0 Å². The van der Waals surface area contributed by atoms with Gasteiger partial charge in [-0.05, 0) is 39.8 Å². The Balaban J connectivity index is 2.07. The first-order valence-corrected chi connectivity index (χ1v) is 7.57. The Kier molecular flexibility index (Phi) is 4.39. The Bertz CT molecular complexity index is 554. The molecule has 1 fully saturated rings. The van der Waals surface area contributed by atoms with Crippen molar-refractivity contribution in [2.75, 3.05) is 36.0 Å². The molecule has 122 valence electrons. The van der Waals surface area contributed by atoms with Crippen molar-refractivity contribution in [2.24, 2.45) is 0 Å². The van der Waals surface area contributed by atoms with Crippen molar-refractivity contribution in [3.8, 4) is 0 Å². The Morgan fingerprint density at radius 2 is 1.95 bits per heavy atom. The Labute approximate surface area is 132 Å². The van der Waals surface area contributed by atoms with Gasteiger partial charge in [0, 0.05) is 25.7 Å². The number of para-hydroxylation sites is 1. The van der Waals surface area contributed by atoms with Crippen LogP contribution in [0.2, 0.25) is 0 Å². The minimum absolute atomic E-state index is 0.0458. The molecule has 0 bridgehead atoms. The molecule has 0 aromatic heterocycles. The minimum Gasteiger partial charge on any atom is -0.444 e. The van der Waals surface area contributed by atoms with Gasteiger partial charge in [-0.3, -0.25) is 0 Å². The van der Waals surface area contributed by atoms with Crippen LogP contribution in [-0.2, 0) is 4.74 Å². The van der Waals surface area contributed by atoms with Gasteiger partial charge in [-0.1, -0.05) is 6.07 Å². The third-order valence-corrected chi connectivity index (χ3v) is 3.71. The standard InChI is InChI=1S/C16H26N4O2/c1-11-10-19(13-7-5-6-12(17)14(13)18)8-9-20(11)15(21)22-16(2,3)4/h5-7,11H,8-10,17-18H2,1-4H3/t11-/m0/s1. The molecule has 1 heterocycles. The second-order valence-electron chi connectivity index (χ2n) is 6.75. The predicted octanol–water partition coefficient (Wildman–Crippen LogP) is 2.30. The molecule has 1 atom stereocenters. The van der Waals surface area contributed by atoms with Crippen molar-refractivity contribution < 1.29 is 9.53 Å². The molecule has 1 amide bonds. The lowest BCUT2D eigenvalue weighted by Gasteiger charge is -2.41. The fourth-order valence-corrected chi connectivity index (χ4v) is 2.61. The molecule has 0 saturated carbocycles. The van der Waals surface area contributed by atoms with Crippen LogP contribution in [0, 0.1) is 0 Å². The van der Waals surface area contributed by atoms with E-state index in [4.69, 9.17) is 16.2 Å². The summed E-state index contributed by atoms with van der Waals surface area (Å²) < 4.78 is 5.46. The van der Waals surface area contributed by atoms with Crippen LogP contribution >= 0.6 is 0 Å². The van der Waals surface area contributed by atoms with Crippen LogP contribution in [0.5, 0.6) is 0 Å². The highest BCUT2D eigenvalue weighted by Gasteiger charge is 2.31. The molecule has 4 N–H and O–H groups in total. The second-order valence-corrected chi connectivity index (χ2v) is 6.75. The first kappa shape index (κ1) is 16.3. The van der Waals surface area contributed by atoms with Gasteiger partial charge >= 0.3 is 6.09 Å². The molecule has 0 spiro atoms. The van der Waals surface area contributed by atoms with Gasteiger partial charge in [0.1, 0.15) is 5.60 Å². The summed E-state index contributed by atoms with van der Waals surface area (Å²) in [6.07, 6.45) is -0.264. The molecule has 0 unspecified atom stereocenters. The highest BCUT2D eigenvalue weighted by Crippen LogP contribution is 2.30. The number of amides is 1. The molecule has 1 aromatic carbocycles. The van der Waals surface area contributed by atoms with Crippen molar-refractivity contribution in [3.05, 3.63) is 18.2 Å². The van der Waals surface area contributed by atoms with Gasteiger partial charge < -0.3 is 26.0 Å². The van der Waals surface area contributed by atoms with E-state index in [9.17, 15) is 4.79 Å². The Morgan fingerprint density at radius 1 is 1.27 bits per heavy atom. The van der Waals surface area contributed by atoms with Gasteiger partial charge in [-0.25, -0.2) is 4.79 Å². The second kappa shape index (κ2) is 5.94. The van der Waals surface area contributed by atoms with E-state index in [0.717, 1.165) is 5.69 Å². The lowest BCUT2D eigenvalue weighted by atomic mass is 10.1. The molecular weight excluding hydrogens is 280 g/mol. The number of hydrogen-bond donors (Lipinski definition) is 2. The van der Waals surface area contributed by atoms with Crippen LogP contribution in [0.1, 0.15) is 27.7 Å². The molecule has 0 radical (unpaired) electrons. The van der Waals surface area contributed by atoms with E-state index >= 15 is 0 Å². The summed E-state index contributed by atoms with van der Waals surface area (Å²) in [5, 5.41) is 0. The predicted molar refractivity (Wildman–Crippen MR) is 89.9 cm³/mol. The number of nitrogens with zero attached hydrogens (tertiary/aromatic N) is 2. The molecule has 6 heteroatoms. The van der Waals surface area contributed by atoms with Crippen LogP contribution in [0.25, 0.3) is 0 Å². The SMILES string of the molecule is C[C@H]1CN(c2cccc(N)c2N)CCN1C(=O)OC(C)(C)C. The summed E-state index contributed by atoms with van der Waals surface area (Å²) >= 11 is 0. The van der Waals surface area contributed by atoms with Gasteiger partial charge in [0.15, 0.2) is 0 Å². The van der Waals surface area contributed by atoms with E-state index in [0.29, 0.717) is 31.0 Å². The summed E-state index contributed by atoms with van der Waals surface area (Å²) in [7, 11) is 0. The number of hydrogen-bond acceptors (Lipinski definition) is 5. The van der Waals surface area contributed by atoms with Crippen LogP contribution in [-0.4, -0.2) is 42.3 Å². The van der Waals surface area contributed by atoms with Crippen molar-refractivity contribution >= 4 is 23.2 Å². The molecule has 1 aliphatic heterocycles. The Morgan fingerprint density at radius 3 is 2.55 bits per heavy atom. The number of nitrogens with two attached hydrogens (primary N) is 2. The molecule has 2 rings (SSSR count). The average Bonchev–Trinajstić information content (AvgIpc) is 2.39. The van der Waals surface area contributed by atoms with Gasteiger partial charge in [0.05, 0.1) is 17.1 Å². The third-order valence-electron chi connectivity index (χ3n) is 3.71. The van der Waals surface area contributed by atoms with Crippen molar-refractivity contribution in [2.45, 2.75) is 39.3 Å². The molecule has 1 saturated heterocycles. The lowest BCUT2D eigenvalue weighted by Crippen LogP contribution is -2.55. The molecule has 1 aromatic rings. The third kappa shape index (κ3) is 3.55. The number of ether oxygens (including phenoxy) is 1. The maximum absolute atomic E-state index is 12.2. The van der Waals surface area contributed by atoms with Gasteiger partial charge in [0.2, 0.25) is 0 Å². The van der Waals surface area contributed by atoms with E-state index in [-0.39, 0.29) is 12.1 Å². The van der Waals surface area contributed by atoms with E-state index < -0.39 is 5.60 Å². The molecule has 6 nitrogen and oxygen atoms in total. The van der Waals surface area contributed by atoms with Crippen LogP contribution < -0.4 is 16.4 Å². The fourth-order valence-electron chi connectivity index (χ4n) is 2.61. The van der Waals surface area contributed by atoms with Crippen LogP contribution in [0.3, 0.4) is 0 Å². The highest BCUT2D eigenvalue weighted by molar-refractivity contribution is 5.80. The smallest absolute Gasteiger partial charge is 0.410 e. The largest absolute Gasteiger partial charge is 0.444 e. The highest BCUT2D eigenvalue weighted by atomic mass is 16.6. The first-order chi connectivity index (χ1) is 10.2. The molecular formula is C16H26N4O2. The van der Waals surface area contributed by atoms with Crippen LogP contribution in [0.4, 0.5) is 21.9 Å². The summed E-state index contributed by atoms with van der Waals surface area (Å²) in [5.74, 6) is 0. The number of nitrogen functional groups attached to an aromatic ring is 2. The summed E-state index contributed by atoms with van der Waals surface area (Å²) in [6, 6.07) is 5.69. The summed E-state index contributed by atoms with van der Waals surface area (Å²) in [5.41, 5.74) is 13.6. The number of carbonyl (C=O) groups is 1. The van der Waals surface area contributed by atoms with Gasteiger partial charge in [-0.15, -0.1) is 0 Å². The average molecular weight is 306 g/mol.